The molecule has 0 aromatic heterocycles. The average Bonchev–Trinajstić information content (AvgIpc) is 3.10. The van der Waals surface area contributed by atoms with Crippen molar-refractivity contribution in [3.63, 3.8) is 0 Å². The second-order valence-corrected chi connectivity index (χ2v) is 16.4. The number of nitriles is 1. The lowest BCUT2D eigenvalue weighted by Crippen LogP contribution is -2.34. The zero-order valence-corrected chi connectivity index (χ0v) is 34.8. The first-order valence-corrected chi connectivity index (χ1v) is 23.2. The van der Waals surface area contributed by atoms with E-state index in [9.17, 15) is 9.59 Å². The molecule has 0 aliphatic heterocycles. The number of allylic oxidation sites excluding steroid dienone is 4. The van der Waals surface area contributed by atoms with Gasteiger partial charge in [0.25, 0.3) is 11.9 Å². The summed E-state index contributed by atoms with van der Waals surface area (Å²) < 4.78 is 17.1. The maximum Gasteiger partial charge on any atom is 0.619 e. The molecule has 50 heavy (non-hydrogen) atoms. The Morgan fingerprint density at radius 2 is 0.920 bits per heavy atom. The van der Waals surface area contributed by atoms with Crippen LogP contribution in [0.1, 0.15) is 213 Å². The Bertz CT molecular complexity index is 808. The van der Waals surface area contributed by atoms with Crippen LogP contribution in [0.5, 0.6) is 0 Å². The molecule has 0 aromatic rings. The number of carbonyl (C=O) groups excluding carboxylic acids is 2. The molecule has 0 bridgehead atoms. The third-order valence-electron chi connectivity index (χ3n) is 8.99. The molecule has 0 aliphatic carbocycles. The predicted molar refractivity (Wildman–Crippen MR) is 216 cm³/mol. The molecule has 8 heteroatoms. The van der Waals surface area contributed by atoms with Crippen LogP contribution in [0.2, 0.25) is 0 Å². The Morgan fingerprint density at radius 1 is 0.560 bits per heavy atom. The summed E-state index contributed by atoms with van der Waals surface area (Å²) in [6.07, 6.45) is 42.9. The Morgan fingerprint density at radius 3 is 1.28 bits per heavy atom. The highest BCUT2D eigenvalue weighted by molar-refractivity contribution is 8.04. The normalized spacial score (nSPS) is 12.2. The molecular weight excluding hydrogens is 659 g/mol. The summed E-state index contributed by atoms with van der Waals surface area (Å²) >= 11 is 1.16. The number of nitrogens with zero attached hydrogens (tertiary/aromatic N) is 1. The van der Waals surface area contributed by atoms with E-state index < -0.39 is 9.53 Å². The van der Waals surface area contributed by atoms with E-state index in [-0.39, 0.29) is 23.8 Å². The minimum atomic E-state index is -2.98. The van der Waals surface area contributed by atoms with Gasteiger partial charge in [0.05, 0.1) is 6.61 Å². The lowest BCUT2D eigenvalue weighted by molar-refractivity contribution is -0.143. The SMILES string of the molecule is CCCCCCCC/C=C\CCCCCCCC(=O)O[SiH](OCC(CCC)SC#N)OC(=O)CCCCCCC/C=C\CCCCCCCC. The highest BCUT2D eigenvalue weighted by Crippen LogP contribution is 2.17. The Balaban J connectivity index is 4.22. The molecule has 1 unspecified atom stereocenters. The van der Waals surface area contributed by atoms with Crippen LogP contribution in [0.25, 0.3) is 0 Å². The van der Waals surface area contributed by atoms with Crippen LogP contribution >= 0.6 is 11.8 Å². The Labute approximate surface area is 315 Å². The first-order valence-electron chi connectivity index (χ1n) is 20.9. The number of carbonyl (C=O) groups is 2. The number of hydrogen-bond acceptors (Lipinski definition) is 7. The van der Waals surface area contributed by atoms with Crippen molar-refractivity contribution in [2.45, 2.75) is 219 Å². The molecule has 1 atom stereocenters. The van der Waals surface area contributed by atoms with E-state index in [1.165, 1.54) is 116 Å². The number of thiocyanates is 1. The molecule has 0 radical (unpaired) electrons. The topological polar surface area (TPSA) is 85.6 Å². The minimum Gasteiger partial charge on any atom is -0.467 e. The van der Waals surface area contributed by atoms with Crippen molar-refractivity contribution >= 4 is 33.2 Å². The third kappa shape index (κ3) is 36.2. The van der Waals surface area contributed by atoms with E-state index in [1.54, 1.807) is 0 Å². The molecule has 0 heterocycles. The van der Waals surface area contributed by atoms with Gasteiger partial charge in [-0.05, 0) is 82.4 Å². The van der Waals surface area contributed by atoms with Gasteiger partial charge < -0.3 is 13.3 Å². The lowest BCUT2D eigenvalue weighted by Gasteiger charge is -2.19. The number of hydrogen-bond donors (Lipinski definition) is 0. The molecular formula is C42H77NO5SSi. The maximum absolute atomic E-state index is 12.6. The van der Waals surface area contributed by atoms with Gasteiger partial charge >= 0.3 is 9.53 Å². The summed E-state index contributed by atoms with van der Waals surface area (Å²) in [6.45, 7) is 6.82. The van der Waals surface area contributed by atoms with Crippen molar-refractivity contribution in [1.29, 1.82) is 5.26 Å². The van der Waals surface area contributed by atoms with Crippen LogP contribution in [-0.2, 0) is 22.9 Å². The molecule has 0 aromatic carbocycles. The summed E-state index contributed by atoms with van der Waals surface area (Å²) in [4.78, 5) is 25.3. The van der Waals surface area contributed by atoms with Crippen LogP contribution < -0.4 is 0 Å². The van der Waals surface area contributed by atoms with Gasteiger partial charge in [0.1, 0.15) is 5.40 Å². The average molecular weight is 736 g/mol. The fourth-order valence-electron chi connectivity index (χ4n) is 5.86. The molecule has 290 valence electrons. The van der Waals surface area contributed by atoms with Gasteiger partial charge in [0, 0.05) is 18.1 Å². The molecule has 0 fully saturated rings. The van der Waals surface area contributed by atoms with Gasteiger partial charge in [-0.3, -0.25) is 9.59 Å². The standard InChI is InChI=1S/C42H77NO5SSi/c1-4-7-9-11-13-15-17-19-21-23-25-27-29-31-33-36-41(44)47-50(46-38-40(35-6-3)49-39-43)48-42(45)37-34-32-30-28-26-24-22-20-18-16-14-12-10-8-5-2/h19-22,40,50H,4-18,23-38H2,1-3H3/b21-19-,22-20-. The van der Waals surface area contributed by atoms with E-state index >= 15 is 0 Å². The minimum absolute atomic E-state index is 0.0341. The fourth-order valence-corrected chi connectivity index (χ4v) is 7.89. The van der Waals surface area contributed by atoms with Crippen LogP contribution in [-0.4, -0.2) is 33.3 Å². The second-order valence-electron chi connectivity index (χ2n) is 13.9. The summed E-state index contributed by atoms with van der Waals surface area (Å²) in [5.74, 6) is -0.707. The van der Waals surface area contributed by atoms with E-state index in [0.717, 1.165) is 76.0 Å². The number of thioether (sulfide) groups is 1. The Kier molecular flexibility index (Phi) is 39.0. The van der Waals surface area contributed by atoms with Crippen LogP contribution in [0.3, 0.4) is 0 Å². The maximum atomic E-state index is 12.6. The van der Waals surface area contributed by atoms with Gasteiger partial charge in [-0.15, -0.1) is 0 Å². The first kappa shape index (κ1) is 48.4. The van der Waals surface area contributed by atoms with Crippen molar-refractivity contribution in [2.75, 3.05) is 6.61 Å². The predicted octanol–water partition coefficient (Wildman–Crippen LogP) is 13.3. The van der Waals surface area contributed by atoms with Crippen LogP contribution in [0.15, 0.2) is 24.3 Å². The van der Waals surface area contributed by atoms with Gasteiger partial charge in [0.2, 0.25) is 0 Å². The van der Waals surface area contributed by atoms with Gasteiger partial charge in [0.15, 0.2) is 0 Å². The highest BCUT2D eigenvalue weighted by Gasteiger charge is 2.27. The van der Waals surface area contributed by atoms with Crippen molar-refractivity contribution in [3.8, 4) is 5.40 Å². The number of rotatable bonds is 38. The van der Waals surface area contributed by atoms with Crippen molar-refractivity contribution in [3.05, 3.63) is 24.3 Å². The second kappa shape index (κ2) is 40.2. The molecule has 0 spiro atoms. The van der Waals surface area contributed by atoms with E-state index in [2.05, 4.69) is 50.5 Å². The molecule has 0 N–H and O–H groups in total. The summed E-state index contributed by atoms with van der Waals surface area (Å²) in [6, 6.07) is 0. The van der Waals surface area contributed by atoms with Crippen LogP contribution in [0, 0.1) is 10.7 Å². The first-order chi connectivity index (χ1) is 24.6. The van der Waals surface area contributed by atoms with E-state index in [0.29, 0.717) is 12.8 Å². The molecule has 6 nitrogen and oxygen atoms in total. The van der Waals surface area contributed by atoms with Gasteiger partial charge in [-0.25, -0.2) is 0 Å². The Hall–Kier alpha value is -1.56. The third-order valence-corrected chi connectivity index (χ3v) is 11.2. The molecule has 0 rings (SSSR count). The van der Waals surface area contributed by atoms with Crippen molar-refractivity contribution < 1.29 is 22.9 Å². The smallest absolute Gasteiger partial charge is 0.467 e. The molecule has 0 amide bonds. The summed E-state index contributed by atoms with van der Waals surface area (Å²) in [5.41, 5.74) is 0. The van der Waals surface area contributed by atoms with Crippen molar-refractivity contribution in [1.82, 2.24) is 0 Å². The molecule has 0 saturated carbocycles. The monoisotopic (exact) mass is 736 g/mol. The van der Waals surface area contributed by atoms with Crippen molar-refractivity contribution in [2.24, 2.45) is 0 Å². The lowest BCUT2D eigenvalue weighted by atomic mass is 10.1. The van der Waals surface area contributed by atoms with Crippen LogP contribution in [0.4, 0.5) is 0 Å². The highest BCUT2D eigenvalue weighted by atomic mass is 32.2. The largest absolute Gasteiger partial charge is 0.619 e. The summed E-state index contributed by atoms with van der Waals surface area (Å²) in [5, 5.41) is 11.2. The molecule has 0 aliphatic rings. The number of unbranched alkanes of at least 4 members (excludes halogenated alkanes) is 22. The van der Waals surface area contributed by atoms with Gasteiger partial charge in [-0.2, -0.15) is 5.26 Å². The zero-order valence-electron chi connectivity index (χ0n) is 32.8. The van der Waals surface area contributed by atoms with E-state index in [1.807, 2.05) is 0 Å². The van der Waals surface area contributed by atoms with E-state index in [4.69, 9.17) is 18.5 Å². The quantitative estimate of drug-likeness (QED) is 0.0270. The fraction of sp³-hybridized carbons (Fsp3) is 0.833. The zero-order chi connectivity index (χ0) is 36.6. The molecule has 0 saturated heterocycles. The summed E-state index contributed by atoms with van der Waals surface area (Å²) in [7, 11) is -2.98. The van der Waals surface area contributed by atoms with Gasteiger partial charge in [-0.1, -0.05) is 154 Å².